The molecule has 1 aromatic carbocycles. The Balaban J connectivity index is 2.08. The normalized spacial score (nSPS) is 11.2. The summed E-state index contributed by atoms with van der Waals surface area (Å²) in [5.41, 5.74) is 5.27. The molecule has 5 heteroatoms. The highest BCUT2D eigenvalue weighted by Crippen LogP contribution is 2.33. The lowest BCUT2D eigenvalue weighted by molar-refractivity contribution is 0.631. The van der Waals surface area contributed by atoms with Crippen LogP contribution in [0.2, 0.25) is 0 Å². The molecule has 3 aromatic heterocycles. The number of nitrogens with zero attached hydrogens (tertiary/aromatic N) is 4. The number of rotatable bonds is 4. The van der Waals surface area contributed by atoms with Gasteiger partial charge in [-0.05, 0) is 36.8 Å². The maximum Gasteiger partial charge on any atom is 0.179 e. The second kappa shape index (κ2) is 7.48. The number of pyridine rings is 2. The SMILES string of the molecule is C=Cc1ccnc(-c2cc(-c3ccccc3F)nc3nccnc23)c1/C=C\C. The summed E-state index contributed by atoms with van der Waals surface area (Å²) in [6.07, 6.45) is 10.6. The van der Waals surface area contributed by atoms with E-state index in [2.05, 4.69) is 26.5 Å². The minimum absolute atomic E-state index is 0.342. The zero-order valence-corrected chi connectivity index (χ0v) is 15.3. The van der Waals surface area contributed by atoms with Crippen LogP contribution in [0.5, 0.6) is 0 Å². The number of hydrogen-bond acceptors (Lipinski definition) is 4. The summed E-state index contributed by atoms with van der Waals surface area (Å²) in [6, 6.07) is 10.3. The van der Waals surface area contributed by atoms with Gasteiger partial charge in [0.2, 0.25) is 0 Å². The minimum atomic E-state index is -0.342. The summed E-state index contributed by atoms with van der Waals surface area (Å²) >= 11 is 0. The molecule has 0 spiro atoms. The number of aromatic nitrogens is 4. The van der Waals surface area contributed by atoms with E-state index in [0.717, 1.165) is 22.4 Å². The standard InChI is InChI=1S/C23H17FN4/c1-3-7-16-15(4-2)10-11-25-21(16)18-14-20(17-8-5-6-9-19(17)24)28-23-22(18)26-12-13-27-23/h3-14H,2H2,1H3/b7-3-. The first-order valence-corrected chi connectivity index (χ1v) is 8.84. The zero-order valence-electron chi connectivity index (χ0n) is 15.3. The molecule has 0 N–H and O–H groups in total. The molecule has 0 saturated carbocycles. The first-order chi connectivity index (χ1) is 13.7. The van der Waals surface area contributed by atoms with Gasteiger partial charge in [-0.2, -0.15) is 0 Å². The van der Waals surface area contributed by atoms with Crippen molar-refractivity contribution in [2.24, 2.45) is 0 Å². The lowest BCUT2D eigenvalue weighted by atomic mass is 9.98. The monoisotopic (exact) mass is 368 g/mol. The van der Waals surface area contributed by atoms with Gasteiger partial charge in [0.15, 0.2) is 5.65 Å². The van der Waals surface area contributed by atoms with Crippen molar-refractivity contribution in [3.05, 3.63) is 84.6 Å². The number of hydrogen-bond donors (Lipinski definition) is 0. The Labute approximate surface area is 162 Å². The van der Waals surface area contributed by atoms with Crippen molar-refractivity contribution >= 4 is 23.3 Å². The third kappa shape index (κ3) is 3.07. The molecular formula is C23H17FN4. The van der Waals surface area contributed by atoms with Gasteiger partial charge < -0.3 is 0 Å². The van der Waals surface area contributed by atoms with Gasteiger partial charge in [0.05, 0.1) is 11.4 Å². The van der Waals surface area contributed by atoms with Crippen LogP contribution in [-0.2, 0) is 0 Å². The fourth-order valence-corrected chi connectivity index (χ4v) is 3.16. The Morgan fingerprint density at radius 2 is 1.79 bits per heavy atom. The van der Waals surface area contributed by atoms with E-state index < -0.39 is 0 Å². The largest absolute Gasteiger partial charge is 0.256 e. The second-order valence-corrected chi connectivity index (χ2v) is 6.13. The van der Waals surface area contributed by atoms with Gasteiger partial charge in [0, 0.05) is 35.3 Å². The smallest absolute Gasteiger partial charge is 0.179 e. The van der Waals surface area contributed by atoms with E-state index in [1.165, 1.54) is 6.07 Å². The van der Waals surface area contributed by atoms with Gasteiger partial charge in [-0.3, -0.25) is 9.97 Å². The first-order valence-electron chi connectivity index (χ1n) is 8.84. The third-order valence-electron chi connectivity index (χ3n) is 4.42. The summed E-state index contributed by atoms with van der Waals surface area (Å²) in [7, 11) is 0. The van der Waals surface area contributed by atoms with Crippen molar-refractivity contribution < 1.29 is 4.39 Å². The predicted octanol–water partition coefficient (Wildman–Crippen LogP) is 5.57. The van der Waals surface area contributed by atoms with E-state index in [9.17, 15) is 4.39 Å². The Morgan fingerprint density at radius 1 is 0.964 bits per heavy atom. The summed E-state index contributed by atoms with van der Waals surface area (Å²) < 4.78 is 14.4. The van der Waals surface area contributed by atoms with E-state index >= 15 is 0 Å². The van der Waals surface area contributed by atoms with Crippen LogP contribution in [0.4, 0.5) is 4.39 Å². The van der Waals surface area contributed by atoms with E-state index in [-0.39, 0.29) is 5.82 Å². The van der Waals surface area contributed by atoms with Crippen molar-refractivity contribution in [1.82, 2.24) is 19.9 Å². The molecule has 0 radical (unpaired) electrons. The molecule has 0 bridgehead atoms. The fourth-order valence-electron chi connectivity index (χ4n) is 3.16. The third-order valence-corrected chi connectivity index (χ3v) is 4.42. The van der Waals surface area contributed by atoms with Crippen molar-refractivity contribution in [3.63, 3.8) is 0 Å². The van der Waals surface area contributed by atoms with Gasteiger partial charge in [0.25, 0.3) is 0 Å². The van der Waals surface area contributed by atoms with Crippen LogP contribution < -0.4 is 0 Å². The summed E-state index contributed by atoms with van der Waals surface area (Å²) in [5.74, 6) is -0.342. The average Bonchev–Trinajstić information content (AvgIpc) is 2.74. The lowest BCUT2D eigenvalue weighted by Crippen LogP contribution is -1.98. The predicted molar refractivity (Wildman–Crippen MR) is 111 cm³/mol. The van der Waals surface area contributed by atoms with Crippen LogP contribution in [0.1, 0.15) is 18.1 Å². The molecule has 136 valence electrons. The molecule has 4 aromatic rings. The highest BCUT2D eigenvalue weighted by atomic mass is 19.1. The Bertz CT molecular complexity index is 1210. The Kier molecular flexibility index (Phi) is 4.72. The van der Waals surface area contributed by atoms with Crippen LogP contribution >= 0.6 is 0 Å². The topological polar surface area (TPSA) is 51.6 Å². The maximum absolute atomic E-state index is 14.4. The Hall–Kier alpha value is -3.73. The second-order valence-electron chi connectivity index (χ2n) is 6.13. The molecule has 4 nitrogen and oxygen atoms in total. The van der Waals surface area contributed by atoms with Crippen LogP contribution in [0.15, 0.2) is 67.6 Å². The molecular weight excluding hydrogens is 351 g/mol. The van der Waals surface area contributed by atoms with Crippen LogP contribution in [0.3, 0.4) is 0 Å². The van der Waals surface area contributed by atoms with Crippen molar-refractivity contribution in [1.29, 1.82) is 0 Å². The molecule has 0 saturated heterocycles. The van der Waals surface area contributed by atoms with Crippen LogP contribution in [-0.4, -0.2) is 19.9 Å². The van der Waals surface area contributed by atoms with E-state index in [0.29, 0.717) is 22.4 Å². The van der Waals surface area contributed by atoms with Crippen LogP contribution in [0, 0.1) is 5.82 Å². The molecule has 4 rings (SSSR count). The fraction of sp³-hybridized carbons (Fsp3) is 0.0435. The van der Waals surface area contributed by atoms with E-state index in [1.54, 1.807) is 42.9 Å². The van der Waals surface area contributed by atoms with Gasteiger partial charge in [-0.1, -0.05) is 36.9 Å². The number of allylic oxidation sites excluding steroid dienone is 1. The van der Waals surface area contributed by atoms with Gasteiger partial charge in [0.1, 0.15) is 11.3 Å². The Morgan fingerprint density at radius 3 is 2.57 bits per heavy atom. The highest BCUT2D eigenvalue weighted by molar-refractivity contribution is 5.94. The van der Waals surface area contributed by atoms with Gasteiger partial charge in [-0.15, -0.1) is 0 Å². The van der Waals surface area contributed by atoms with Gasteiger partial charge in [-0.25, -0.2) is 14.4 Å². The summed E-state index contributed by atoms with van der Waals surface area (Å²) in [6.45, 7) is 5.84. The number of halogens is 1. The van der Waals surface area contributed by atoms with Gasteiger partial charge >= 0.3 is 0 Å². The molecule has 0 unspecified atom stereocenters. The first kappa shape index (κ1) is 17.7. The zero-order chi connectivity index (χ0) is 19.5. The minimum Gasteiger partial charge on any atom is -0.256 e. The number of fused-ring (bicyclic) bond motifs is 1. The summed E-state index contributed by atoms with van der Waals surface area (Å²) in [5, 5.41) is 0. The van der Waals surface area contributed by atoms with Crippen LogP contribution in [0.25, 0.3) is 45.8 Å². The molecule has 28 heavy (non-hydrogen) atoms. The maximum atomic E-state index is 14.4. The average molecular weight is 368 g/mol. The molecule has 0 aliphatic heterocycles. The van der Waals surface area contributed by atoms with E-state index in [4.69, 9.17) is 0 Å². The molecule has 0 atom stereocenters. The van der Waals surface area contributed by atoms with Crippen molar-refractivity contribution in [2.45, 2.75) is 6.92 Å². The lowest BCUT2D eigenvalue weighted by Gasteiger charge is -2.12. The molecule has 3 heterocycles. The quantitative estimate of drug-likeness (QED) is 0.473. The van der Waals surface area contributed by atoms with E-state index in [1.807, 2.05) is 31.2 Å². The molecule has 0 amide bonds. The molecule has 0 aliphatic carbocycles. The van der Waals surface area contributed by atoms with Crippen molar-refractivity contribution in [2.75, 3.05) is 0 Å². The molecule has 0 aliphatic rings. The number of benzene rings is 1. The summed E-state index contributed by atoms with van der Waals surface area (Å²) in [4.78, 5) is 17.9. The van der Waals surface area contributed by atoms with Crippen molar-refractivity contribution in [3.8, 4) is 22.5 Å². The highest BCUT2D eigenvalue weighted by Gasteiger charge is 2.17. The molecule has 0 fully saturated rings.